The molecule has 3 rings (SSSR count). The number of carbonyl (C=O) groups excluding carboxylic acids is 2. The van der Waals surface area contributed by atoms with Crippen molar-refractivity contribution in [3.05, 3.63) is 12.4 Å². The van der Waals surface area contributed by atoms with E-state index in [0.29, 0.717) is 19.5 Å². The van der Waals surface area contributed by atoms with Crippen LogP contribution in [0, 0.1) is 5.92 Å². The molecule has 2 amide bonds. The van der Waals surface area contributed by atoms with Crippen LogP contribution in [0.1, 0.15) is 25.7 Å². The second-order valence-corrected chi connectivity index (χ2v) is 6.29. The first-order valence-electron chi connectivity index (χ1n) is 7.87. The van der Waals surface area contributed by atoms with E-state index in [-0.39, 0.29) is 42.7 Å². The molecule has 1 aromatic heterocycles. The van der Waals surface area contributed by atoms with Gasteiger partial charge in [-0.1, -0.05) is 6.42 Å². The standard InChI is InChI=1S/C15H23N5O2.ClH/c1-18-9-12(8-17-18)20-6-5-19(10-15(20)22)14(21)7-11-3-2-4-13(11)16;/h8-9,11,13H,2-7,10,16H2,1H3;1H/t11-,13+;/m0./s1. The summed E-state index contributed by atoms with van der Waals surface area (Å²) < 4.78 is 1.67. The fourth-order valence-electron chi connectivity index (χ4n) is 3.38. The van der Waals surface area contributed by atoms with Crippen molar-refractivity contribution in [3.8, 4) is 0 Å². The summed E-state index contributed by atoms with van der Waals surface area (Å²) in [4.78, 5) is 28.0. The first-order chi connectivity index (χ1) is 10.5. The lowest BCUT2D eigenvalue weighted by Gasteiger charge is -2.34. The zero-order valence-corrected chi connectivity index (χ0v) is 14.2. The Hall–Kier alpha value is -1.60. The molecule has 0 aromatic carbocycles. The minimum atomic E-state index is -0.0525. The number of anilines is 1. The van der Waals surface area contributed by atoms with E-state index >= 15 is 0 Å². The number of nitrogens with two attached hydrogens (primary N) is 1. The maximum absolute atomic E-state index is 12.4. The van der Waals surface area contributed by atoms with Crippen molar-refractivity contribution in [1.82, 2.24) is 14.7 Å². The highest BCUT2D eigenvalue weighted by Gasteiger charge is 2.32. The number of aromatic nitrogens is 2. The second kappa shape index (κ2) is 7.31. The highest BCUT2D eigenvalue weighted by molar-refractivity contribution is 5.97. The Bertz CT molecular complexity index is 576. The van der Waals surface area contributed by atoms with Gasteiger partial charge in [-0.3, -0.25) is 14.3 Å². The van der Waals surface area contributed by atoms with E-state index in [4.69, 9.17) is 5.73 Å². The van der Waals surface area contributed by atoms with Gasteiger partial charge in [-0.2, -0.15) is 5.10 Å². The summed E-state index contributed by atoms with van der Waals surface area (Å²) in [5.41, 5.74) is 6.82. The molecule has 1 saturated carbocycles. The van der Waals surface area contributed by atoms with E-state index in [2.05, 4.69) is 5.10 Å². The predicted molar refractivity (Wildman–Crippen MR) is 89.3 cm³/mol. The summed E-state index contributed by atoms with van der Waals surface area (Å²) in [5.74, 6) is 0.281. The van der Waals surface area contributed by atoms with E-state index in [1.54, 1.807) is 20.7 Å². The van der Waals surface area contributed by atoms with Crippen LogP contribution < -0.4 is 10.6 Å². The van der Waals surface area contributed by atoms with Gasteiger partial charge in [0.15, 0.2) is 0 Å². The van der Waals surface area contributed by atoms with E-state index in [9.17, 15) is 9.59 Å². The fraction of sp³-hybridized carbons (Fsp3) is 0.667. The van der Waals surface area contributed by atoms with Crippen LogP contribution in [0.5, 0.6) is 0 Å². The molecule has 8 heteroatoms. The number of rotatable bonds is 3. The number of hydrogen-bond acceptors (Lipinski definition) is 4. The lowest BCUT2D eigenvalue weighted by Crippen LogP contribution is -2.52. The number of piperazine rings is 1. The maximum atomic E-state index is 12.4. The highest BCUT2D eigenvalue weighted by atomic mass is 35.5. The quantitative estimate of drug-likeness (QED) is 0.869. The molecule has 0 spiro atoms. The molecule has 1 aliphatic heterocycles. The highest BCUT2D eigenvalue weighted by Crippen LogP contribution is 2.27. The van der Waals surface area contributed by atoms with Crippen molar-refractivity contribution in [2.45, 2.75) is 31.7 Å². The molecule has 23 heavy (non-hydrogen) atoms. The number of halogens is 1. The molecule has 128 valence electrons. The monoisotopic (exact) mass is 341 g/mol. The van der Waals surface area contributed by atoms with Crippen molar-refractivity contribution in [1.29, 1.82) is 0 Å². The van der Waals surface area contributed by atoms with Crippen molar-refractivity contribution in [2.75, 3.05) is 24.5 Å². The van der Waals surface area contributed by atoms with Crippen LogP contribution in [-0.4, -0.2) is 52.2 Å². The van der Waals surface area contributed by atoms with Gasteiger partial charge in [-0.25, -0.2) is 0 Å². The van der Waals surface area contributed by atoms with Crippen molar-refractivity contribution < 1.29 is 9.59 Å². The largest absolute Gasteiger partial charge is 0.332 e. The molecule has 2 N–H and O–H groups in total. The third-order valence-corrected chi connectivity index (χ3v) is 4.73. The average molecular weight is 342 g/mol. The Labute approximate surface area is 142 Å². The minimum absolute atomic E-state index is 0. The third-order valence-electron chi connectivity index (χ3n) is 4.73. The van der Waals surface area contributed by atoms with E-state index < -0.39 is 0 Å². The first-order valence-corrected chi connectivity index (χ1v) is 7.87. The minimum Gasteiger partial charge on any atom is -0.332 e. The molecular weight excluding hydrogens is 318 g/mol. The van der Waals surface area contributed by atoms with Crippen LogP contribution in [0.4, 0.5) is 5.69 Å². The van der Waals surface area contributed by atoms with Crippen LogP contribution in [0.3, 0.4) is 0 Å². The zero-order valence-electron chi connectivity index (χ0n) is 13.4. The van der Waals surface area contributed by atoms with Gasteiger partial charge in [0, 0.05) is 38.8 Å². The summed E-state index contributed by atoms with van der Waals surface area (Å²) >= 11 is 0. The van der Waals surface area contributed by atoms with Gasteiger partial charge in [-0.15, -0.1) is 12.4 Å². The Morgan fingerprint density at radius 3 is 2.74 bits per heavy atom. The molecular formula is C15H24ClN5O2. The zero-order chi connectivity index (χ0) is 15.7. The molecule has 2 atom stereocenters. The van der Waals surface area contributed by atoms with Crippen LogP contribution in [-0.2, 0) is 16.6 Å². The van der Waals surface area contributed by atoms with Gasteiger partial charge in [0.05, 0.1) is 11.9 Å². The number of aryl methyl sites for hydroxylation is 1. The molecule has 1 aromatic rings. The summed E-state index contributed by atoms with van der Waals surface area (Å²) in [7, 11) is 1.82. The second-order valence-electron chi connectivity index (χ2n) is 6.29. The summed E-state index contributed by atoms with van der Waals surface area (Å²) in [6.07, 6.45) is 7.09. The Morgan fingerprint density at radius 2 is 2.17 bits per heavy atom. The average Bonchev–Trinajstić information content (AvgIpc) is 3.08. The third kappa shape index (κ3) is 3.84. The molecule has 0 unspecified atom stereocenters. The number of nitrogens with zero attached hydrogens (tertiary/aromatic N) is 4. The van der Waals surface area contributed by atoms with Gasteiger partial charge in [0.2, 0.25) is 11.8 Å². The normalized spacial score (nSPS) is 24.7. The van der Waals surface area contributed by atoms with Crippen LogP contribution >= 0.6 is 12.4 Å². The Balaban J connectivity index is 0.00000192. The molecule has 2 aliphatic rings. The van der Waals surface area contributed by atoms with Crippen molar-refractivity contribution in [3.63, 3.8) is 0 Å². The molecule has 1 saturated heterocycles. The smallest absolute Gasteiger partial charge is 0.246 e. The van der Waals surface area contributed by atoms with Crippen LogP contribution in [0.15, 0.2) is 12.4 Å². The van der Waals surface area contributed by atoms with Gasteiger partial charge >= 0.3 is 0 Å². The molecule has 2 fully saturated rings. The molecule has 1 aliphatic carbocycles. The Kier molecular flexibility index (Phi) is 5.64. The predicted octanol–water partition coefficient (Wildman–Crippen LogP) is 0.535. The lowest BCUT2D eigenvalue weighted by atomic mass is 9.99. The van der Waals surface area contributed by atoms with E-state index in [0.717, 1.165) is 24.9 Å². The van der Waals surface area contributed by atoms with Crippen LogP contribution in [0.25, 0.3) is 0 Å². The number of hydrogen-bond donors (Lipinski definition) is 1. The summed E-state index contributed by atoms with van der Waals surface area (Å²) in [6, 6.07) is 0.135. The molecule has 7 nitrogen and oxygen atoms in total. The van der Waals surface area contributed by atoms with Crippen LogP contribution in [0.2, 0.25) is 0 Å². The summed E-state index contributed by atoms with van der Waals surface area (Å²) in [5, 5.41) is 4.09. The lowest BCUT2D eigenvalue weighted by molar-refractivity contribution is -0.137. The molecule has 2 heterocycles. The van der Waals surface area contributed by atoms with Gasteiger partial charge in [0.25, 0.3) is 0 Å². The first kappa shape index (κ1) is 17.7. The van der Waals surface area contributed by atoms with Gasteiger partial charge in [-0.05, 0) is 18.8 Å². The van der Waals surface area contributed by atoms with Crippen molar-refractivity contribution in [2.24, 2.45) is 18.7 Å². The molecule has 0 radical (unpaired) electrons. The van der Waals surface area contributed by atoms with Gasteiger partial charge in [0.1, 0.15) is 6.54 Å². The topological polar surface area (TPSA) is 84.5 Å². The fourth-order valence-corrected chi connectivity index (χ4v) is 3.38. The van der Waals surface area contributed by atoms with E-state index in [1.165, 1.54) is 0 Å². The SMILES string of the molecule is Cl.Cn1cc(N2CCN(C(=O)C[C@@H]3CCC[C@H]3N)CC2=O)cn1. The van der Waals surface area contributed by atoms with Crippen molar-refractivity contribution >= 4 is 29.9 Å². The Morgan fingerprint density at radius 1 is 1.39 bits per heavy atom. The van der Waals surface area contributed by atoms with Gasteiger partial charge < -0.3 is 15.5 Å². The maximum Gasteiger partial charge on any atom is 0.246 e. The molecule has 0 bridgehead atoms. The van der Waals surface area contributed by atoms with E-state index in [1.807, 2.05) is 13.2 Å². The number of amides is 2. The summed E-state index contributed by atoms with van der Waals surface area (Å²) in [6.45, 7) is 1.24. The number of carbonyl (C=O) groups is 2.